The van der Waals surface area contributed by atoms with E-state index in [0.717, 1.165) is 16.2 Å². The minimum atomic E-state index is -0.118. The molecule has 1 aromatic carbocycles. The number of amides is 1. The molecule has 1 N–H and O–H groups in total. The second kappa shape index (κ2) is 7.51. The van der Waals surface area contributed by atoms with E-state index >= 15 is 0 Å². The molecule has 0 atom stereocenters. The van der Waals surface area contributed by atoms with Crippen molar-refractivity contribution in [3.63, 3.8) is 0 Å². The highest BCUT2D eigenvalue weighted by atomic mass is 35.5. The third kappa shape index (κ3) is 4.39. The monoisotopic (exact) mass is 336 g/mol. The molecule has 0 fully saturated rings. The van der Waals surface area contributed by atoms with Crippen LogP contribution in [0.4, 0.5) is 5.69 Å². The first-order valence-corrected chi connectivity index (χ1v) is 8.05. The Balaban J connectivity index is 2.00. The first-order valence-electron chi connectivity index (χ1n) is 6.69. The van der Waals surface area contributed by atoms with Gasteiger partial charge in [-0.05, 0) is 37.1 Å². The molecular weight excluding hydrogens is 320 g/mol. The molecule has 0 bridgehead atoms. The molecule has 1 aromatic heterocycles. The van der Waals surface area contributed by atoms with Crippen molar-refractivity contribution in [3.05, 3.63) is 46.6 Å². The van der Waals surface area contributed by atoms with Crippen LogP contribution in [0.2, 0.25) is 5.02 Å². The lowest BCUT2D eigenvalue weighted by Gasteiger charge is -2.12. The van der Waals surface area contributed by atoms with Crippen molar-refractivity contribution in [2.24, 2.45) is 0 Å². The van der Waals surface area contributed by atoms with E-state index in [4.69, 9.17) is 16.3 Å². The number of aryl methyl sites for hydroxylation is 2. The van der Waals surface area contributed by atoms with Gasteiger partial charge in [0.1, 0.15) is 5.75 Å². The van der Waals surface area contributed by atoms with Crippen LogP contribution in [-0.2, 0) is 4.79 Å². The number of aromatic nitrogens is 1. The van der Waals surface area contributed by atoms with Gasteiger partial charge in [-0.15, -0.1) is 0 Å². The summed E-state index contributed by atoms with van der Waals surface area (Å²) in [5.74, 6) is 0.704. The van der Waals surface area contributed by atoms with E-state index < -0.39 is 0 Å². The van der Waals surface area contributed by atoms with Crippen molar-refractivity contribution in [1.29, 1.82) is 0 Å². The van der Waals surface area contributed by atoms with E-state index in [0.29, 0.717) is 16.5 Å². The molecule has 0 saturated heterocycles. The quantitative estimate of drug-likeness (QED) is 0.835. The van der Waals surface area contributed by atoms with Crippen LogP contribution in [0.5, 0.6) is 5.75 Å². The average molecular weight is 337 g/mol. The number of carbonyl (C=O) groups is 1. The number of anilines is 1. The van der Waals surface area contributed by atoms with E-state index in [1.54, 1.807) is 25.4 Å². The standard InChI is InChI=1S/C16H17ClN2O2S/c1-10-4-5-16(18-8-10)22-9-15(20)19-13-6-11(2)12(17)7-14(13)21-3/h4-8H,9H2,1-3H3,(H,19,20). The zero-order valence-corrected chi connectivity index (χ0v) is 14.2. The number of pyridine rings is 1. The molecule has 1 amide bonds. The van der Waals surface area contributed by atoms with Gasteiger partial charge in [-0.1, -0.05) is 29.4 Å². The molecule has 0 unspecified atom stereocenters. The minimum Gasteiger partial charge on any atom is -0.495 e. The second-order valence-corrected chi connectivity index (χ2v) is 6.22. The SMILES string of the molecule is COc1cc(Cl)c(C)cc1NC(=O)CSc1ccc(C)cn1. The van der Waals surface area contributed by atoms with Crippen molar-refractivity contribution in [3.8, 4) is 5.75 Å². The van der Waals surface area contributed by atoms with Gasteiger partial charge in [0, 0.05) is 17.3 Å². The fourth-order valence-corrected chi connectivity index (χ4v) is 2.59. The molecule has 2 aromatic rings. The highest BCUT2D eigenvalue weighted by Crippen LogP contribution is 2.31. The number of nitrogens with one attached hydrogen (secondary N) is 1. The number of rotatable bonds is 5. The molecule has 0 aliphatic heterocycles. The van der Waals surface area contributed by atoms with Crippen LogP contribution in [0, 0.1) is 13.8 Å². The molecule has 4 nitrogen and oxygen atoms in total. The van der Waals surface area contributed by atoms with E-state index in [2.05, 4.69) is 10.3 Å². The van der Waals surface area contributed by atoms with Gasteiger partial charge in [-0.3, -0.25) is 4.79 Å². The van der Waals surface area contributed by atoms with Gasteiger partial charge in [-0.25, -0.2) is 4.98 Å². The molecular formula is C16H17ClN2O2S. The van der Waals surface area contributed by atoms with Gasteiger partial charge in [0.15, 0.2) is 0 Å². The van der Waals surface area contributed by atoms with Crippen LogP contribution in [0.1, 0.15) is 11.1 Å². The lowest BCUT2D eigenvalue weighted by Crippen LogP contribution is -2.15. The van der Waals surface area contributed by atoms with E-state index in [9.17, 15) is 4.79 Å². The van der Waals surface area contributed by atoms with Crippen molar-refractivity contribution in [2.45, 2.75) is 18.9 Å². The number of carbonyl (C=O) groups excluding carboxylic acids is 1. The molecule has 0 aliphatic carbocycles. The number of methoxy groups -OCH3 is 1. The molecule has 6 heteroatoms. The number of nitrogens with zero attached hydrogens (tertiary/aromatic N) is 1. The fraction of sp³-hybridized carbons (Fsp3) is 0.250. The van der Waals surface area contributed by atoms with Crippen LogP contribution >= 0.6 is 23.4 Å². The van der Waals surface area contributed by atoms with Gasteiger partial charge >= 0.3 is 0 Å². The molecule has 116 valence electrons. The number of ether oxygens (including phenoxy) is 1. The number of thioether (sulfide) groups is 1. The van der Waals surface area contributed by atoms with Gasteiger partial charge in [-0.2, -0.15) is 0 Å². The lowest BCUT2D eigenvalue weighted by atomic mass is 10.2. The summed E-state index contributed by atoms with van der Waals surface area (Å²) in [5.41, 5.74) is 2.59. The fourth-order valence-electron chi connectivity index (χ4n) is 1.80. The second-order valence-electron chi connectivity index (χ2n) is 4.81. The Morgan fingerprint density at radius 1 is 1.36 bits per heavy atom. The Hall–Kier alpha value is -1.72. The smallest absolute Gasteiger partial charge is 0.234 e. The summed E-state index contributed by atoms with van der Waals surface area (Å²) in [7, 11) is 1.54. The lowest BCUT2D eigenvalue weighted by molar-refractivity contribution is -0.113. The van der Waals surface area contributed by atoms with E-state index in [1.165, 1.54) is 11.8 Å². The molecule has 0 radical (unpaired) electrons. The normalized spacial score (nSPS) is 10.4. The summed E-state index contributed by atoms with van der Waals surface area (Å²) in [6.45, 7) is 3.85. The van der Waals surface area contributed by atoms with E-state index in [1.807, 2.05) is 26.0 Å². The van der Waals surface area contributed by atoms with Crippen LogP contribution in [0.15, 0.2) is 35.5 Å². The number of hydrogen-bond donors (Lipinski definition) is 1. The van der Waals surface area contributed by atoms with Gasteiger partial charge in [0.2, 0.25) is 5.91 Å². The Kier molecular flexibility index (Phi) is 5.69. The Morgan fingerprint density at radius 3 is 2.77 bits per heavy atom. The highest BCUT2D eigenvalue weighted by Gasteiger charge is 2.11. The first-order chi connectivity index (χ1) is 10.5. The summed E-state index contributed by atoms with van der Waals surface area (Å²) in [6.07, 6.45) is 1.78. The summed E-state index contributed by atoms with van der Waals surface area (Å²) < 4.78 is 5.24. The van der Waals surface area contributed by atoms with Crippen molar-refractivity contribution < 1.29 is 9.53 Å². The van der Waals surface area contributed by atoms with Crippen LogP contribution in [-0.4, -0.2) is 23.8 Å². The first kappa shape index (κ1) is 16.6. The summed E-state index contributed by atoms with van der Waals surface area (Å²) in [4.78, 5) is 16.3. The summed E-state index contributed by atoms with van der Waals surface area (Å²) >= 11 is 7.44. The zero-order valence-electron chi connectivity index (χ0n) is 12.6. The van der Waals surface area contributed by atoms with Crippen molar-refractivity contribution >= 4 is 35.0 Å². The molecule has 0 aliphatic rings. The number of hydrogen-bond acceptors (Lipinski definition) is 4. The molecule has 0 spiro atoms. The van der Waals surface area contributed by atoms with Crippen LogP contribution < -0.4 is 10.1 Å². The van der Waals surface area contributed by atoms with Gasteiger partial charge in [0.05, 0.1) is 23.6 Å². The van der Waals surface area contributed by atoms with Gasteiger partial charge in [0.25, 0.3) is 0 Å². The van der Waals surface area contributed by atoms with Crippen molar-refractivity contribution in [2.75, 3.05) is 18.2 Å². The average Bonchev–Trinajstić information content (AvgIpc) is 2.50. The molecule has 1 heterocycles. The van der Waals surface area contributed by atoms with E-state index in [-0.39, 0.29) is 11.7 Å². The Morgan fingerprint density at radius 2 is 2.14 bits per heavy atom. The maximum atomic E-state index is 12.1. The number of halogens is 1. The Bertz CT molecular complexity index is 675. The third-order valence-corrected chi connectivity index (χ3v) is 4.34. The zero-order chi connectivity index (χ0) is 16.1. The molecule has 2 rings (SSSR count). The maximum Gasteiger partial charge on any atom is 0.234 e. The largest absolute Gasteiger partial charge is 0.495 e. The summed E-state index contributed by atoms with van der Waals surface area (Å²) in [6, 6.07) is 7.37. The predicted molar refractivity (Wildman–Crippen MR) is 91.1 cm³/mol. The minimum absolute atomic E-state index is 0.118. The summed E-state index contributed by atoms with van der Waals surface area (Å²) in [5, 5.41) is 4.26. The van der Waals surface area contributed by atoms with Gasteiger partial charge < -0.3 is 10.1 Å². The third-order valence-electron chi connectivity index (χ3n) is 2.99. The van der Waals surface area contributed by atoms with Crippen LogP contribution in [0.25, 0.3) is 0 Å². The maximum absolute atomic E-state index is 12.1. The topological polar surface area (TPSA) is 51.2 Å². The van der Waals surface area contributed by atoms with Crippen LogP contribution in [0.3, 0.4) is 0 Å². The Labute approximate surface area is 139 Å². The van der Waals surface area contributed by atoms with Crippen molar-refractivity contribution in [1.82, 2.24) is 4.98 Å². The molecule has 0 saturated carbocycles. The molecule has 22 heavy (non-hydrogen) atoms. The predicted octanol–water partition coefficient (Wildman–Crippen LogP) is 4.09. The number of benzene rings is 1. The highest BCUT2D eigenvalue weighted by molar-refractivity contribution is 7.99.